The number of carbonyl (C=O) groups excluding carboxylic acids is 4. The van der Waals surface area contributed by atoms with Crippen molar-refractivity contribution in [1.29, 1.82) is 0 Å². The van der Waals surface area contributed by atoms with Crippen LogP contribution in [-0.4, -0.2) is 79.9 Å². The molecule has 0 aliphatic carbocycles. The third-order valence-corrected chi connectivity index (χ3v) is 5.16. The van der Waals surface area contributed by atoms with Crippen LogP contribution in [0.2, 0.25) is 0 Å². The number of aromatic nitrogens is 2. The molecule has 0 fully saturated rings. The second-order valence-corrected chi connectivity index (χ2v) is 7.99. The first-order valence-corrected chi connectivity index (χ1v) is 10.7. The lowest BCUT2D eigenvalue weighted by Gasteiger charge is -2.26. The largest absolute Gasteiger partial charge is 0.481 e. The SMILES string of the molecule is CCC(C)C(NC(=O)C(Cc1cnc[nH]1)NC(=O)C(CC(=O)O)NC(=O)C(N)CC(N)=O)C(=O)O. The van der Waals surface area contributed by atoms with Crippen LogP contribution in [0.15, 0.2) is 12.5 Å². The molecule has 0 aromatic carbocycles. The van der Waals surface area contributed by atoms with Gasteiger partial charge in [0.25, 0.3) is 0 Å². The fourth-order valence-electron chi connectivity index (χ4n) is 3.01. The summed E-state index contributed by atoms with van der Waals surface area (Å²) < 4.78 is 0. The maximum atomic E-state index is 12.9. The summed E-state index contributed by atoms with van der Waals surface area (Å²) >= 11 is 0. The van der Waals surface area contributed by atoms with Crippen molar-refractivity contribution in [2.75, 3.05) is 0 Å². The number of rotatable bonds is 15. The molecule has 194 valence electrons. The lowest BCUT2D eigenvalue weighted by atomic mass is 9.98. The van der Waals surface area contributed by atoms with Gasteiger partial charge >= 0.3 is 11.9 Å². The smallest absolute Gasteiger partial charge is 0.326 e. The molecular weight excluding hydrogens is 466 g/mol. The van der Waals surface area contributed by atoms with Crippen molar-refractivity contribution in [3.63, 3.8) is 0 Å². The van der Waals surface area contributed by atoms with Crippen LogP contribution >= 0.6 is 0 Å². The van der Waals surface area contributed by atoms with E-state index in [9.17, 15) is 33.9 Å². The number of nitrogens with two attached hydrogens (primary N) is 2. The van der Waals surface area contributed by atoms with Crippen LogP contribution < -0.4 is 27.4 Å². The Hall–Kier alpha value is -4.01. The molecule has 0 saturated heterocycles. The third kappa shape index (κ3) is 9.79. The molecule has 1 heterocycles. The number of primary amides is 1. The highest BCUT2D eigenvalue weighted by atomic mass is 16.4. The van der Waals surface area contributed by atoms with Crippen LogP contribution in [0, 0.1) is 5.92 Å². The van der Waals surface area contributed by atoms with Crippen LogP contribution in [0.5, 0.6) is 0 Å². The lowest BCUT2D eigenvalue weighted by molar-refractivity contribution is -0.144. The summed E-state index contributed by atoms with van der Waals surface area (Å²) in [6, 6.07) is -5.66. The predicted octanol–water partition coefficient (Wildman–Crippen LogP) is -2.79. The van der Waals surface area contributed by atoms with Crippen LogP contribution in [0.1, 0.15) is 38.8 Å². The van der Waals surface area contributed by atoms with Gasteiger partial charge in [-0.3, -0.25) is 24.0 Å². The van der Waals surface area contributed by atoms with E-state index >= 15 is 0 Å². The summed E-state index contributed by atoms with van der Waals surface area (Å²) in [5.74, 6) is -6.88. The molecule has 0 aliphatic rings. The van der Waals surface area contributed by atoms with Crippen molar-refractivity contribution in [2.24, 2.45) is 17.4 Å². The van der Waals surface area contributed by atoms with E-state index in [1.165, 1.54) is 12.5 Å². The first-order chi connectivity index (χ1) is 16.3. The Morgan fingerprint density at radius 1 is 1.00 bits per heavy atom. The average Bonchev–Trinajstić information content (AvgIpc) is 3.27. The number of hydrogen-bond donors (Lipinski definition) is 8. The minimum atomic E-state index is -1.65. The zero-order chi connectivity index (χ0) is 26.7. The van der Waals surface area contributed by atoms with Crippen LogP contribution in [0.25, 0.3) is 0 Å². The Labute approximate surface area is 200 Å². The number of carbonyl (C=O) groups is 6. The monoisotopic (exact) mass is 497 g/mol. The molecule has 1 aromatic heterocycles. The van der Waals surface area contributed by atoms with Gasteiger partial charge in [-0.25, -0.2) is 9.78 Å². The van der Waals surface area contributed by atoms with E-state index in [0.29, 0.717) is 12.1 Å². The van der Waals surface area contributed by atoms with Gasteiger partial charge in [0, 0.05) is 18.3 Å². The summed E-state index contributed by atoms with van der Waals surface area (Å²) in [4.78, 5) is 78.4. The molecule has 5 unspecified atom stereocenters. The zero-order valence-electron chi connectivity index (χ0n) is 19.3. The van der Waals surface area contributed by atoms with Gasteiger partial charge in [-0.1, -0.05) is 20.3 Å². The van der Waals surface area contributed by atoms with Gasteiger partial charge in [-0.2, -0.15) is 0 Å². The Morgan fingerprint density at radius 3 is 2.09 bits per heavy atom. The average molecular weight is 498 g/mol. The summed E-state index contributed by atoms with van der Waals surface area (Å²) in [6.07, 6.45) is 1.63. The number of nitrogens with one attached hydrogen (secondary N) is 4. The molecule has 0 saturated carbocycles. The highest BCUT2D eigenvalue weighted by molar-refractivity contribution is 5.96. The molecule has 0 bridgehead atoms. The number of hydrogen-bond acceptors (Lipinski definition) is 8. The zero-order valence-corrected chi connectivity index (χ0v) is 19.3. The van der Waals surface area contributed by atoms with Crippen LogP contribution in [-0.2, 0) is 35.2 Å². The second-order valence-electron chi connectivity index (χ2n) is 7.99. The molecule has 35 heavy (non-hydrogen) atoms. The van der Waals surface area contributed by atoms with Crippen molar-refractivity contribution in [3.8, 4) is 0 Å². The number of carboxylic acid groups (broad SMARTS) is 2. The molecule has 0 radical (unpaired) electrons. The number of H-pyrrole nitrogens is 1. The number of imidazole rings is 1. The first kappa shape index (κ1) is 29.0. The summed E-state index contributed by atoms with van der Waals surface area (Å²) in [5, 5.41) is 25.5. The van der Waals surface area contributed by atoms with Gasteiger partial charge in [0.1, 0.15) is 18.1 Å². The summed E-state index contributed by atoms with van der Waals surface area (Å²) in [7, 11) is 0. The topological polar surface area (TPSA) is 260 Å². The molecule has 1 aromatic rings. The number of nitrogens with zero attached hydrogens (tertiary/aromatic N) is 1. The normalized spacial score (nSPS) is 15.1. The van der Waals surface area contributed by atoms with E-state index in [2.05, 4.69) is 25.9 Å². The van der Waals surface area contributed by atoms with Gasteiger partial charge in [0.2, 0.25) is 23.6 Å². The maximum Gasteiger partial charge on any atom is 0.326 e. The lowest BCUT2D eigenvalue weighted by Crippen LogP contribution is -2.58. The Morgan fingerprint density at radius 2 is 1.60 bits per heavy atom. The van der Waals surface area contributed by atoms with Crippen molar-refractivity contribution < 1.29 is 39.0 Å². The molecule has 0 spiro atoms. The van der Waals surface area contributed by atoms with E-state index in [1.54, 1.807) is 13.8 Å². The number of aliphatic carboxylic acids is 2. The van der Waals surface area contributed by atoms with Crippen molar-refractivity contribution >= 4 is 35.6 Å². The minimum absolute atomic E-state index is 0.140. The van der Waals surface area contributed by atoms with Crippen molar-refractivity contribution in [3.05, 3.63) is 18.2 Å². The minimum Gasteiger partial charge on any atom is -0.481 e. The number of amides is 4. The highest BCUT2D eigenvalue weighted by Gasteiger charge is 2.33. The van der Waals surface area contributed by atoms with Gasteiger partial charge in [-0.05, 0) is 5.92 Å². The summed E-state index contributed by atoms with van der Waals surface area (Å²) in [5.41, 5.74) is 11.0. The molecule has 15 nitrogen and oxygen atoms in total. The molecule has 15 heteroatoms. The van der Waals surface area contributed by atoms with Crippen molar-refractivity contribution in [2.45, 2.75) is 63.7 Å². The fraction of sp³-hybridized carbons (Fsp3) is 0.550. The first-order valence-electron chi connectivity index (χ1n) is 10.7. The second kappa shape index (κ2) is 13.6. The van der Waals surface area contributed by atoms with E-state index in [-0.39, 0.29) is 6.42 Å². The predicted molar refractivity (Wildman–Crippen MR) is 119 cm³/mol. The van der Waals surface area contributed by atoms with Crippen LogP contribution in [0.4, 0.5) is 0 Å². The number of carboxylic acids is 2. The quantitative estimate of drug-likeness (QED) is 0.123. The number of aromatic amines is 1. The van der Waals surface area contributed by atoms with Gasteiger partial charge in [-0.15, -0.1) is 0 Å². The molecule has 5 atom stereocenters. The van der Waals surface area contributed by atoms with E-state index in [4.69, 9.17) is 16.6 Å². The van der Waals surface area contributed by atoms with Crippen LogP contribution in [0.3, 0.4) is 0 Å². The molecule has 0 aliphatic heterocycles. The van der Waals surface area contributed by atoms with E-state index < -0.39 is 78.5 Å². The Kier molecular flexibility index (Phi) is 11.3. The van der Waals surface area contributed by atoms with Gasteiger partial charge < -0.3 is 42.6 Å². The molecular formula is C20H31N7O8. The van der Waals surface area contributed by atoms with Crippen molar-refractivity contribution in [1.82, 2.24) is 25.9 Å². The fourth-order valence-corrected chi connectivity index (χ4v) is 3.01. The van der Waals surface area contributed by atoms with Gasteiger partial charge in [0.05, 0.1) is 25.2 Å². The standard InChI is InChI=1S/C20H31N7O8/c1-3-9(2)16(20(34)35)27-19(33)12(4-10-7-23-8-24-10)26-18(32)13(6-15(29)30)25-17(31)11(21)5-14(22)28/h7-9,11-13,16H,3-6,21H2,1-2H3,(H2,22,28)(H,23,24)(H,25,31)(H,26,32)(H,27,33)(H,29,30)(H,34,35). The maximum absolute atomic E-state index is 12.9. The Bertz CT molecular complexity index is 921. The molecule has 10 N–H and O–H groups in total. The third-order valence-electron chi connectivity index (χ3n) is 5.16. The van der Waals surface area contributed by atoms with Gasteiger partial charge in [0.15, 0.2) is 0 Å². The Balaban J connectivity index is 3.10. The highest BCUT2D eigenvalue weighted by Crippen LogP contribution is 2.09. The summed E-state index contributed by atoms with van der Waals surface area (Å²) in [6.45, 7) is 3.38. The molecule has 1 rings (SSSR count). The van der Waals surface area contributed by atoms with E-state index in [1.807, 2.05) is 0 Å². The molecule has 4 amide bonds. The van der Waals surface area contributed by atoms with E-state index in [0.717, 1.165) is 0 Å².